The molecule has 0 aliphatic heterocycles. The minimum atomic E-state index is 0.427. The summed E-state index contributed by atoms with van der Waals surface area (Å²) in [5.74, 6) is 7.12. The first kappa shape index (κ1) is 15.1. The van der Waals surface area contributed by atoms with Crippen LogP contribution in [0.1, 0.15) is 50.0 Å². The number of rotatable bonds is 7. The SMILES string of the molecule is NCCSCc1ccc(CNC23CC4CC(CC(C4)C2)C3)o1. The van der Waals surface area contributed by atoms with Crippen molar-refractivity contribution in [2.75, 3.05) is 12.3 Å². The predicted octanol–water partition coefficient (Wildman–Crippen LogP) is 3.53. The van der Waals surface area contributed by atoms with Crippen molar-refractivity contribution in [1.29, 1.82) is 0 Å². The van der Waals surface area contributed by atoms with Gasteiger partial charge in [0.15, 0.2) is 0 Å². The highest BCUT2D eigenvalue weighted by Crippen LogP contribution is 2.55. The maximum atomic E-state index is 5.97. The van der Waals surface area contributed by atoms with Gasteiger partial charge in [0.25, 0.3) is 0 Å². The van der Waals surface area contributed by atoms with Gasteiger partial charge in [-0.2, -0.15) is 11.8 Å². The lowest BCUT2D eigenvalue weighted by Gasteiger charge is -2.57. The van der Waals surface area contributed by atoms with Gasteiger partial charge < -0.3 is 15.5 Å². The van der Waals surface area contributed by atoms with Crippen molar-refractivity contribution in [2.24, 2.45) is 23.5 Å². The van der Waals surface area contributed by atoms with E-state index in [0.717, 1.165) is 53.9 Å². The summed E-state index contributed by atoms with van der Waals surface area (Å²) < 4.78 is 5.97. The Morgan fingerprint density at radius 2 is 1.73 bits per heavy atom. The molecule has 4 aliphatic carbocycles. The summed E-state index contributed by atoms with van der Waals surface area (Å²) in [6, 6.07) is 4.27. The van der Waals surface area contributed by atoms with Crippen molar-refractivity contribution in [3.63, 3.8) is 0 Å². The predicted molar refractivity (Wildman–Crippen MR) is 91.7 cm³/mol. The molecule has 5 rings (SSSR count). The summed E-state index contributed by atoms with van der Waals surface area (Å²) in [6.45, 7) is 1.64. The van der Waals surface area contributed by atoms with Gasteiger partial charge in [0.05, 0.1) is 12.3 Å². The highest BCUT2D eigenvalue weighted by Gasteiger charge is 2.50. The molecule has 0 saturated heterocycles. The molecule has 0 atom stereocenters. The summed E-state index contributed by atoms with van der Waals surface area (Å²) in [7, 11) is 0. The third-order valence-electron chi connectivity index (χ3n) is 5.90. The molecule has 1 aromatic heterocycles. The highest BCUT2D eigenvalue weighted by atomic mass is 32.2. The van der Waals surface area contributed by atoms with E-state index in [1.54, 1.807) is 0 Å². The zero-order valence-electron chi connectivity index (χ0n) is 13.4. The lowest BCUT2D eigenvalue weighted by molar-refractivity contribution is -0.0213. The van der Waals surface area contributed by atoms with Crippen LogP contribution in [0.4, 0.5) is 0 Å². The zero-order chi connectivity index (χ0) is 15.0. The fourth-order valence-corrected chi connectivity index (χ4v) is 6.12. The normalized spacial score (nSPS) is 36.1. The first-order valence-electron chi connectivity index (χ1n) is 8.85. The van der Waals surface area contributed by atoms with Gasteiger partial charge in [-0.15, -0.1) is 0 Å². The molecule has 4 fully saturated rings. The van der Waals surface area contributed by atoms with Gasteiger partial charge in [0, 0.05) is 17.8 Å². The summed E-state index contributed by atoms with van der Waals surface area (Å²) >= 11 is 1.85. The van der Waals surface area contributed by atoms with E-state index in [4.69, 9.17) is 10.2 Å². The monoisotopic (exact) mass is 320 g/mol. The van der Waals surface area contributed by atoms with Crippen LogP contribution in [0.3, 0.4) is 0 Å². The second-order valence-electron chi connectivity index (χ2n) is 7.76. The molecule has 3 N–H and O–H groups in total. The lowest BCUT2D eigenvalue weighted by atomic mass is 9.53. The Bertz CT molecular complexity index is 478. The number of hydrogen-bond donors (Lipinski definition) is 2. The molecule has 122 valence electrons. The maximum Gasteiger partial charge on any atom is 0.118 e. The Balaban J connectivity index is 1.33. The first-order chi connectivity index (χ1) is 10.7. The van der Waals surface area contributed by atoms with Crippen molar-refractivity contribution in [1.82, 2.24) is 5.32 Å². The topological polar surface area (TPSA) is 51.2 Å². The van der Waals surface area contributed by atoms with Crippen LogP contribution in [-0.2, 0) is 12.3 Å². The fraction of sp³-hybridized carbons (Fsp3) is 0.778. The molecule has 4 heteroatoms. The average Bonchev–Trinajstić information content (AvgIpc) is 2.92. The molecule has 22 heavy (non-hydrogen) atoms. The van der Waals surface area contributed by atoms with E-state index >= 15 is 0 Å². The van der Waals surface area contributed by atoms with Crippen LogP contribution < -0.4 is 11.1 Å². The Morgan fingerprint density at radius 3 is 2.36 bits per heavy atom. The van der Waals surface area contributed by atoms with E-state index in [2.05, 4.69) is 17.4 Å². The van der Waals surface area contributed by atoms with Gasteiger partial charge in [-0.1, -0.05) is 0 Å². The Morgan fingerprint density at radius 1 is 1.09 bits per heavy atom. The molecule has 4 saturated carbocycles. The van der Waals surface area contributed by atoms with Crippen molar-refractivity contribution < 1.29 is 4.42 Å². The Hall–Kier alpha value is -0.450. The Labute approximate surface area is 137 Å². The minimum Gasteiger partial charge on any atom is -0.464 e. The molecule has 4 bridgehead atoms. The van der Waals surface area contributed by atoms with E-state index < -0.39 is 0 Å². The first-order valence-corrected chi connectivity index (χ1v) is 10.0. The van der Waals surface area contributed by atoms with Gasteiger partial charge in [-0.05, 0) is 68.4 Å². The molecular weight excluding hydrogens is 292 g/mol. The van der Waals surface area contributed by atoms with Crippen LogP contribution in [0.25, 0.3) is 0 Å². The van der Waals surface area contributed by atoms with E-state index in [1.165, 1.54) is 38.5 Å². The van der Waals surface area contributed by atoms with Crippen LogP contribution in [0, 0.1) is 17.8 Å². The lowest BCUT2D eigenvalue weighted by Crippen LogP contribution is -2.58. The van der Waals surface area contributed by atoms with E-state index in [0.29, 0.717) is 5.54 Å². The molecule has 4 aliphatic rings. The number of thioether (sulfide) groups is 1. The molecule has 3 nitrogen and oxygen atoms in total. The number of nitrogens with two attached hydrogens (primary N) is 1. The molecule has 0 spiro atoms. The smallest absolute Gasteiger partial charge is 0.118 e. The molecule has 0 aromatic carbocycles. The van der Waals surface area contributed by atoms with Gasteiger partial charge in [-0.3, -0.25) is 0 Å². The average molecular weight is 321 g/mol. The molecule has 1 aromatic rings. The van der Waals surface area contributed by atoms with Gasteiger partial charge in [-0.25, -0.2) is 0 Å². The van der Waals surface area contributed by atoms with Gasteiger partial charge >= 0.3 is 0 Å². The second-order valence-corrected chi connectivity index (χ2v) is 8.87. The Kier molecular flexibility index (Phi) is 4.27. The van der Waals surface area contributed by atoms with E-state index in [-0.39, 0.29) is 0 Å². The zero-order valence-corrected chi connectivity index (χ0v) is 14.2. The maximum absolute atomic E-state index is 5.97. The van der Waals surface area contributed by atoms with Crippen LogP contribution in [0.15, 0.2) is 16.5 Å². The molecule has 0 amide bonds. The summed E-state index contributed by atoms with van der Waals surface area (Å²) in [5.41, 5.74) is 5.95. The second kappa shape index (κ2) is 6.21. The van der Waals surface area contributed by atoms with Crippen molar-refractivity contribution in [3.05, 3.63) is 23.7 Å². The van der Waals surface area contributed by atoms with Crippen molar-refractivity contribution in [3.8, 4) is 0 Å². The number of furan rings is 1. The van der Waals surface area contributed by atoms with Crippen LogP contribution in [-0.4, -0.2) is 17.8 Å². The molecular formula is C18H28N2OS. The molecule has 0 unspecified atom stereocenters. The van der Waals surface area contributed by atoms with Gasteiger partial charge in [0.1, 0.15) is 11.5 Å². The number of hydrogen-bond acceptors (Lipinski definition) is 4. The summed E-state index contributed by atoms with van der Waals surface area (Å²) in [4.78, 5) is 0. The van der Waals surface area contributed by atoms with E-state index in [1.807, 2.05) is 11.8 Å². The fourth-order valence-electron chi connectivity index (χ4n) is 5.45. The number of nitrogens with one attached hydrogen (secondary N) is 1. The van der Waals surface area contributed by atoms with E-state index in [9.17, 15) is 0 Å². The quantitative estimate of drug-likeness (QED) is 0.755. The molecule has 1 heterocycles. The third kappa shape index (κ3) is 3.10. The van der Waals surface area contributed by atoms with Crippen LogP contribution >= 0.6 is 11.8 Å². The molecule has 0 radical (unpaired) electrons. The largest absolute Gasteiger partial charge is 0.464 e. The van der Waals surface area contributed by atoms with Crippen LogP contribution in [0.5, 0.6) is 0 Å². The standard InChI is InChI=1S/C18H28N2OS/c19-3-4-22-12-17-2-1-16(21-17)11-20-18-8-13-5-14(9-18)7-15(6-13)10-18/h1-2,13-15,20H,3-12,19H2. The highest BCUT2D eigenvalue weighted by molar-refractivity contribution is 7.98. The van der Waals surface area contributed by atoms with Crippen LogP contribution in [0.2, 0.25) is 0 Å². The minimum absolute atomic E-state index is 0.427. The summed E-state index contributed by atoms with van der Waals surface area (Å²) in [5, 5.41) is 3.90. The summed E-state index contributed by atoms with van der Waals surface area (Å²) in [6.07, 6.45) is 8.72. The van der Waals surface area contributed by atoms with Crippen molar-refractivity contribution >= 4 is 11.8 Å². The van der Waals surface area contributed by atoms with Gasteiger partial charge in [0.2, 0.25) is 0 Å². The van der Waals surface area contributed by atoms with Crippen molar-refractivity contribution in [2.45, 2.75) is 56.4 Å². The third-order valence-corrected chi connectivity index (χ3v) is 6.91.